The van der Waals surface area contributed by atoms with Gasteiger partial charge in [0.05, 0.1) is 6.04 Å². The van der Waals surface area contributed by atoms with E-state index in [2.05, 4.69) is 4.90 Å². The Labute approximate surface area is 119 Å². The van der Waals surface area contributed by atoms with Gasteiger partial charge in [-0.05, 0) is 30.2 Å². The number of nitrogens with two attached hydrogens (primary N) is 1. The van der Waals surface area contributed by atoms with Crippen LogP contribution in [0.15, 0.2) is 24.3 Å². The molecule has 1 aromatic rings. The molecule has 4 nitrogen and oxygen atoms in total. The Balaban J connectivity index is 1.92. The van der Waals surface area contributed by atoms with Crippen LogP contribution in [-0.4, -0.2) is 43.0 Å². The number of anilines is 1. The summed E-state index contributed by atoms with van der Waals surface area (Å²) < 4.78 is 12.9. The third-order valence-electron chi connectivity index (χ3n) is 3.79. The van der Waals surface area contributed by atoms with Gasteiger partial charge in [0.2, 0.25) is 5.91 Å². The summed E-state index contributed by atoms with van der Waals surface area (Å²) in [6.45, 7) is 6.74. The van der Waals surface area contributed by atoms with E-state index in [4.69, 9.17) is 5.73 Å². The van der Waals surface area contributed by atoms with Crippen LogP contribution in [0.3, 0.4) is 0 Å². The Bertz CT molecular complexity index is 453. The zero-order valence-electron chi connectivity index (χ0n) is 12.1. The largest absolute Gasteiger partial charge is 0.368 e. The maximum Gasteiger partial charge on any atom is 0.239 e. The first kappa shape index (κ1) is 14.8. The van der Waals surface area contributed by atoms with Crippen LogP contribution < -0.4 is 10.6 Å². The van der Waals surface area contributed by atoms with Gasteiger partial charge < -0.3 is 15.5 Å². The summed E-state index contributed by atoms with van der Waals surface area (Å²) in [7, 11) is 0. The molecule has 1 aliphatic rings. The van der Waals surface area contributed by atoms with Crippen molar-refractivity contribution in [1.29, 1.82) is 0 Å². The average molecular weight is 279 g/mol. The van der Waals surface area contributed by atoms with Gasteiger partial charge in [0.15, 0.2) is 0 Å². The number of carbonyl (C=O) groups excluding carboxylic acids is 1. The molecule has 2 rings (SSSR count). The van der Waals surface area contributed by atoms with Crippen LogP contribution in [0.2, 0.25) is 0 Å². The van der Waals surface area contributed by atoms with Crippen LogP contribution in [-0.2, 0) is 4.79 Å². The van der Waals surface area contributed by atoms with Crippen molar-refractivity contribution in [2.45, 2.75) is 19.9 Å². The van der Waals surface area contributed by atoms with Crippen LogP contribution in [0.4, 0.5) is 10.1 Å². The molecule has 0 bridgehead atoms. The molecule has 0 saturated carbocycles. The highest BCUT2D eigenvalue weighted by Crippen LogP contribution is 2.17. The van der Waals surface area contributed by atoms with E-state index in [0.717, 1.165) is 18.8 Å². The Hall–Kier alpha value is -1.62. The first-order chi connectivity index (χ1) is 9.49. The summed E-state index contributed by atoms with van der Waals surface area (Å²) in [4.78, 5) is 16.1. The van der Waals surface area contributed by atoms with Gasteiger partial charge in [-0.15, -0.1) is 0 Å². The van der Waals surface area contributed by atoms with Gasteiger partial charge in [-0.25, -0.2) is 4.39 Å². The number of rotatable bonds is 3. The van der Waals surface area contributed by atoms with Gasteiger partial charge in [-0.3, -0.25) is 4.79 Å². The topological polar surface area (TPSA) is 49.6 Å². The Morgan fingerprint density at radius 3 is 2.20 bits per heavy atom. The number of piperazine rings is 1. The summed E-state index contributed by atoms with van der Waals surface area (Å²) in [5, 5.41) is 0. The van der Waals surface area contributed by atoms with E-state index >= 15 is 0 Å². The monoisotopic (exact) mass is 279 g/mol. The summed E-state index contributed by atoms with van der Waals surface area (Å²) in [5.41, 5.74) is 6.90. The lowest BCUT2D eigenvalue weighted by Gasteiger charge is -2.37. The molecule has 1 heterocycles. The molecule has 0 aliphatic carbocycles. The second-order valence-corrected chi connectivity index (χ2v) is 5.56. The number of hydrogen-bond donors (Lipinski definition) is 1. The first-order valence-electron chi connectivity index (χ1n) is 7.04. The number of halogens is 1. The van der Waals surface area contributed by atoms with Crippen molar-refractivity contribution >= 4 is 11.6 Å². The van der Waals surface area contributed by atoms with Crippen molar-refractivity contribution in [3.63, 3.8) is 0 Å². The van der Waals surface area contributed by atoms with E-state index in [0.29, 0.717) is 13.1 Å². The molecule has 0 unspecified atom stereocenters. The maximum absolute atomic E-state index is 12.9. The van der Waals surface area contributed by atoms with Gasteiger partial charge in [0, 0.05) is 31.9 Å². The molecule has 0 aromatic heterocycles. The van der Waals surface area contributed by atoms with Crippen molar-refractivity contribution in [2.75, 3.05) is 31.1 Å². The van der Waals surface area contributed by atoms with Crippen molar-refractivity contribution in [1.82, 2.24) is 4.90 Å². The molecule has 2 N–H and O–H groups in total. The van der Waals surface area contributed by atoms with E-state index in [1.807, 2.05) is 18.7 Å². The molecule has 0 spiro atoms. The summed E-state index contributed by atoms with van der Waals surface area (Å²) in [5.74, 6) is -0.0538. The molecule has 110 valence electrons. The fraction of sp³-hybridized carbons (Fsp3) is 0.533. The molecular weight excluding hydrogens is 257 g/mol. The van der Waals surface area contributed by atoms with Gasteiger partial charge in [0.1, 0.15) is 5.82 Å². The number of carbonyl (C=O) groups is 1. The second kappa shape index (κ2) is 6.22. The Morgan fingerprint density at radius 1 is 1.15 bits per heavy atom. The smallest absolute Gasteiger partial charge is 0.239 e. The minimum Gasteiger partial charge on any atom is -0.368 e. The summed E-state index contributed by atoms with van der Waals surface area (Å²) in [6, 6.07) is 6.04. The first-order valence-corrected chi connectivity index (χ1v) is 7.04. The molecule has 20 heavy (non-hydrogen) atoms. The number of amides is 1. The van der Waals surface area contributed by atoms with Crippen molar-refractivity contribution in [3.05, 3.63) is 30.1 Å². The van der Waals surface area contributed by atoms with Crippen LogP contribution in [0.1, 0.15) is 13.8 Å². The highest BCUT2D eigenvalue weighted by Gasteiger charge is 2.26. The van der Waals surface area contributed by atoms with Crippen molar-refractivity contribution in [3.8, 4) is 0 Å². The number of benzene rings is 1. The predicted molar refractivity (Wildman–Crippen MR) is 78.0 cm³/mol. The highest BCUT2D eigenvalue weighted by molar-refractivity contribution is 5.82. The van der Waals surface area contributed by atoms with Gasteiger partial charge in [-0.1, -0.05) is 13.8 Å². The highest BCUT2D eigenvalue weighted by atomic mass is 19.1. The molecule has 0 radical (unpaired) electrons. The van der Waals surface area contributed by atoms with E-state index in [9.17, 15) is 9.18 Å². The number of hydrogen-bond acceptors (Lipinski definition) is 3. The number of nitrogens with zero attached hydrogens (tertiary/aromatic N) is 2. The quantitative estimate of drug-likeness (QED) is 0.911. The molecule has 1 aliphatic heterocycles. The van der Waals surface area contributed by atoms with Crippen LogP contribution >= 0.6 is 0 Å². The normalized spacial score (nSPS) is 17.4. The zero-order valence-corrected chi connectivity index (χ0v) is 12.1. The van der Waals surface area contributed by atoms with Crippen LogP contribution in [0, 0.1) is 11.7 Å². The third kappa shape index (κ3) is 3.28. The molecule has 1 amide bonds. The standard InChI is InChI=1S/C15H22FN3O/c1-11(2)14(17)15(20)19-9-7-18(8-10-19)13-5-3-12(16)4-6-13/h3-6,11,14H,7-10,17H2,1-2H3/t14-/m1/s1. The minimum atomic E-state index is -0.424. The predicted octanol–water partition coefficient (Wildman–Crippen LogP) is 1.46. The van der Waals surface area contributed by atoms with Crippen molar-refractivity contribution < 1.29 is 9.18 Å². The Morgan fingerprint density at radius 2 is 1.70 bits per heavy atom. The second-order valence-electron chi connectivity index (χ2n) is 5.56. The SMILES string of the molecule is CC(C)[C@@H](N)C(=O)N1CCN(c2ccc(F)cc2)CC1. The van der Waals surface area contributed by atoms with Gasteiger partial charge in [-0.2, -0.15) is 0 Å². The molecule has 5 heteroatoms. The van der Waals surface area contributed by atoms with E-state index in [1.54, 1.807) is 12.1 Å². The van der Waals surface area contributed by atoms with Gasteiger partial charge in [0.25, 0.3) is 0 Å². The lowest BCUT2D eigenvalue weighted by molar-refractivity contribution is -0.133. The molecule has 1 aromatic carbocycles. The molecule has 1 fully saturated rings. The van der Waals surface area contributed by atoms with Gasteiger partial charge >= 0.3 is 0 Å². The van der Waals surface area contributed by atoms with Crippen LogP contribution in [0.5, 0.6) is 0 Å². The summed E-state index contributed by atoms with van der Waals surface area (Å²) in [6.07, 6.45) is 0. The summed E-state index contributed by atoms with van der Waals surface area (Å²) >= 11 is 0. The Kier molecular flexibility index (Phi) is 4.60. The lowest BCUT2D eigenvalue weighted by atomic mass is 10.0. The van der Waals surface area contributed by atoms with Crippen LogP contribution in [0.25, 0.3) is 0 Å². The fourth-order valence-corrected chi connectivity index (χ4v) is 2.33. The fourth-order valence-electron chi connectivity index (χ4n) is 2.33. The lowest BCUT2D eigenvalue weighted by Crippen LogP contribution is -2.54. The van der Waals surface area contributed by atoms with E-state index < -0.39 is 6.04 Å². The van der Waals surface area contributed by atoms with E-state index in [1.165, 1.54) is 12.1 Å². The third-order valence-corrected chi connectivity index (χ3v) is 3.79. The molecular formula is C15H22FN3O. The van der Waals surface area contributed by atoms with Crippen molar-refractivity contribution in [2.24, 2.45) is 11.7 Å². The minimum absolute atomic E-state index is 0.0266. The average Bonchev–Trinajstić information content (AvgIpc) is 2.46. The molecule has 1 atom stereocenters. The van der Waals surface area contributed by atoms with E-state index in [-0.39, 0.29) is 17.6 Å². The zero-order chi connectivity index (χ0) is 14.7. The molecule has 1 saturated heterocycles. The maximum atomic E-state index is 12.9.